The van der Waals surface area contributed by atoms with E-state index in [1.165, 1.54) is 17.7 Å². The molecule has 0 bridgehead atoms. The second kappa shape index (κ2) is 12.5. The molecule has 0 radical (unpaired) electrons. The lowest BCUT2D eigenvalue weighted by atomic mass is 9.93. The third-order valence-electron chi connectivity index (χ3n) is 7.39. The summed E-state index contributed by atoms with van der Waals surface area (Å²) in [6, 6.07) is 17.9. The van der Waals surface area contributed by atoms with Gasteiger partial charge in [0.15, 0.2) is 5.60 Å². The summed E-state index contributed by atoms with van der Waals surface area (Å²) in [7, 11) is 0. The molecule has 0 aliphatic carbocycles. The van der Waals surface area contributed by atoms with Gasteiger partial charge in [-0.05, 0) is 60.7 Å². The van der Waals surface area contributed by atoms with Crippen LogP contribution in [-0.2, 0) is 23.5 Å². The molecule has 1 saturated heterocycles. The number of hydrogen-bond donors (Lipinski definition) is 2. The first-order chi connectivity index (χ1) is 18.9. The fourth-order valence-corrected chi connectivity index (χ4v) is 5.03. The van der Waals surface area contributed by atoms with Crippen LogP contribution in [0, 0.1) is 0 Å². The Kier molecular flexibility index (Phi) is 9.28. The average Bonchev–Trinajstić information content (AvgIpc) is 2.90. The highest BCUT2D eigenvalue weighted by Gasteiger charge is 2.51. The molecule has 2 atom stereocenters. The highest BCUT2D eigenvalue weighted by atomic mass is 19.4. The molecule has 0 spiro atoms. The summed E-state index contributed by atoms with van der Waals surface area (Å²) < 4.78 is 39.5. The van der Waals surface area contributed by atoms with E-state index in [0.717, 1.165) is 49.8 Å². The summed E-state index contributed by atoms with van der Waals surface area (Å²) in [4.78, 5) is 21.5. The first kappa shape index (κ1) is 29.7. The lowest BCUT2D eigenvalue weighted by Crippen LogP contribution is -2.53. The molecule has 0 saturated carbocycles. The minimum absolute atomic E-state index is 0.0408. The Balaban J connectivity index is 1.44. The zero-order valence-corrected chi connectivity index (χ0v) is 23.2. The van der Waals surface area contributed by atoms with Gasteiger partial charge in [-0.15, -0.1) is 0 Å². The van der Waals surface area contributed by atoms with Gasteiger partial charge in [-0.1, -0.05) is 48.5 Å². The molecule has 2 aromatic carbocycles. The van der Waals surface area contributed by atoms with Crippen molar-refractivity contribution in [2.24, 2.45) is 0 Å². The first-order valence-corrected chi connectivity index (χ1v) is 13.6. The molecule has 1 amide bonds. The zero-order valence-electron chi connectivity index (χ0n) is 23.2. The molecule has 214 valence electrons. The topological polar surface area (TPSA) is 68.7 Å². The number of pyridine rings is 1. The van der Waals surface area contributed by atoms with Crippen LogP contribution >= 0.6 is 0 Å². The van der Waals surface area contributed by atoms with Gasteiger partial charge in [0.2, 0.25) is 5.91 Å². The van der Waals surface area contributed by atoms with Crippen LogP contribution in [-0.4, -0.2) is 63.7 Å². The molecule has 2 N–H and O–H groups in total. The Morgan fingerprint density at radius 2 is 1.52 bits per heavy atom. The van der Waals surface area contributed by atoms with Gasteiger partial charge in [-0.3, -0.25) is 19.6 Å². The molecule has 6 nitrogen and oxygen atoms in total. The molecule has 1 aliphatic heterocycles. The van der Waals surface area contributed by atoms with Crippen molar-refractivity contribution in [2.75, 3.05) is 19.6 Å². The quantitative estimate of drug-likeness (QED) is 0.384. The van der Waals surface area contributed by atoms with Crippen molar-refractivity contribution in [3.63, 3.8) is 0 Å². The molecule has 1 aliphatic rings. The van der Waals surface area contributed by atoms with Crippen LogP contribution in [0.25, 0.3) is 11.1 Å². The number of rotatable bonds is 9. The van der Waals surface area contributed by atoms with E-state index in [-0.39, 0.29) is 23.6 Å². The summed E-state index contributed by atoms with van der Waals surface area (Å²) in [5.74, 6) is 0.0408. The number of hydrogen-bond acceptors (Lipinski definition) is 5. The van der Waals surface area contributed by atoms with Gasteiger partial charge in [0, 0.05) is 63.6 Å². The fraction of sp³-hybridized carbons (Fsp3) is 0.419. The van der Waals surface area contributed by atoms with E-state index in [1.807, 2.05) is 50.2 Å². The molecular formula is C31H37F3N4O2. The van der Waals surface area contributed by atoms with Gasteiger partial charge in [0.1, 0.15) is 0 Å². The molecule has 40 heavy (non-hydrogen) atoms. The van der Waals surface area contributed by atoms with E-state index < -0.39 is 11.8 Å². The van der Waals surface area contributed by atoms with Crippen LogP contribution in [0.3, 0.4) is 0 Å². The number of carbonyl (C=O) groups excluding carboxylic acids is 1. The molecule has 2 heterocycles. The van der Waals surface area contributed by atoms with Crippen molar-refractivity contribution < 1.29 is 23.1 Å². The number of nitrogens with zero attached hydrogens (tertiary/aromatic N) is 3. The van der Waals surface area contributed by atoms with E-state index >= 15 is 0 Å². The molecule has 1 aromatic heterocycles. The second-order valence-electron chi connectivity index (χ2n) is 11.0. The maximum Gasteiger partial charge on any atom is 0.421 e. The van der Waals surface area contributed by atoms with Crippen molar-refractivity contribution in [3.05, 3.63) is 89.7 Å². The second-order valence-corrected chi connectivity index (χ2v) is 11.0. The number of piperazine rings is 1. The highest BCUT2D eigenvalue weighted by molar-refractivity contribution is 5.76. The van der Waals surface area contributed by atoms with Crippen LogP contribution in [0.15, 0.2) is 73.1 Å². The minimum Gasteiger partial charge on any atom is -0.376 e. The number of carbonyl (C=O) groups is 1. The molecule has 1 unspecified atom stereocenters. The van der Waals surface area contributed by atoms with Crippen LogP contribution < -0.4 is 5.32 Å². The Morgan fingerprint density at radius 1 is 0.950 bits per heavy atom. The molecule has 9 heteroatoms. The van der Waals surface area contributed by atoms with Crippen molar-refractivity contribution in [3.8, 4) is 11.1 Å². The fourth-order valence-electron chi connectivity index (χ4n) is 5.03. The lowest BCUT2D eigenvalue weighted by Gasteiger charge is -2.41. The summed E-state index contributed by atoms with van der Waals surface area (Å²) >= 11 is 0. The Labute approximate surface area is 233 Å². The maximum absolute atomic E-state index is 13.2. The molecule has 4 rings (SSSR count). The summed E-state index contributed by atoms with van der Waals surface area (Å²) in [5.41, 5.74) is 0.825. The largest absolute Gasteiger partial charge is 0.421 e. The number of benzene rings is 2. The third kappa shape index (κ3) is 7.47. The van der Waals surface area contributed by atoms with Crippen molar-refractivity contribution in [1.82, 2.24) is 20.1 Å². The number of aromatic nitrogens is 1. The number of nitrogens with one attached hydrogen (secondary N) is 1. The summed E-state index contributed by atoms with van der Waals surface area (Å²) in [5, 5.41) is 12.9. The van der Waals surface area contributed by atoms with E-state index in [4.69, 9.17) is 0 Å². The zero-order chi connectivity index (χ0) is 28.9. The van der Waals surface area contributed by atoms with Crippen LogP contribution in [0.1, 0.15) is 43.9 Å². The molecule has 3 aromatic rings. The normalized spacial score (nSPS) is 18.4. The van der Waals surface area contributed by atoms with Crippen LogP contribution in [0.2, 0.25) is 0 Å². The SMILES string of the molecule is CC(C)NC(=O)C[C@H]1CN(Cc2ccncc2)CCN1Cc1ccc(-c2ccc(C(C)(O)C(F)(F)F)cc2)cc1. The minimum atomic E-state index is -4.76. The van der Waals surface area contributed by atoms with E-state index in [0.29, 0.717) is 13.0 Å². The van der Waals surface area contributed by atoms with Gasteiger partial charge in [0.25, 0.3) is 0 Å². The van der Waals surface area contributed by atoms with Gasteiger partial charge >= 0.3 is 6.18 Å². The third-order valence-corrected chi connectivity index (χ3v) is 7.39. The molecular weight excluding hydrogens is 517 g/mol. The summed E-state index contributed by atoms with van der Waals surface area (Å²) in [6.07, 6.45) is -0.752. The Hall–Kier alpha value is -3.27. The maximum atomic E-state index is 13.2. The number of alkyl halides is 3. The number of aliphatic hydroxyl groups is 1. The van der Waals surface area contributed by atoms with E-state index in [9.17, 15) is 23.1 Å². The first-order valence-electron chi connectivity index (χ1n) is 13.6. The van der Waals surface area contributed by atoms with Crippen molar-refractivity contribution in [2.45, 2.75) is 64.1 Å². The Morgan fingerprint density at radius 3 is 2.10 bits per heavy atom. The Bertz CT molecular complexity index is 1250. The van der Waals surface area contributed by atoms with E-state index in [1.54, 1.807) is 24.5 Å². The average molecular weight is 555 g/mol. The predicted octanol–water partition coefficient (Wildman–Crippen LogP) is 5.12. The highest BCUT2D eigenvalue weighted by Crippen LogP contribution is 2.39. The van der Waals surface area contributed by atoms with Gasteiger partial charge in [-0.2, -0.15) is 13.2 Å². The smallest absolute Gasteiger partial charge is 0.376 e. The van der Waals surface area contributed by atoms with Gasteiger partial charge < -0.3 is 10.4 Å². The van der Waals surface area contributed by atoms with Gasteiger partial charge in [-0.25, -0.2) is 0 Å². The lowest BCUT2D eigenvalue weighted by molar-refractivity contribution is -0.258. The molecule has 1 fully saturated rings. The summed E-state index contributed by atoms with van der Waals surface area (Å²) in [6.45, 7) is 8.67. The van der Waals surface area contributed by atoms with Crippen molar-refractivity contribution >= 4 is 5.91 Å². The van der Waals surface area contributed by atoms with Crippen LogP contribution in [0.5, 0.6) is 0 Å². The standard InChI is InChI=1S/C31H37F3N4O2/c1-22(2)36-29(39)18-28-21-37(19-24-12-14-35-15-13-24)16-17-38(28)20-23-4-6-25(7-5-23)26-8-10-27(11-9-26)30(3,40)31(32,33)34/h4-15,22,28,40H,16-21H2,1-3H3,(H,36,39)/t28-,30?/m0/s1. The number of amides is 1. The van der Waals surface area contributed by atoms with Crippen molar-refractivity contribution in [1.29, 1.82) is 0 Å². The van der Waals surface area contributed by atoms with Gasteiger partial charge in [0.05, 0.1) is 0 Å². The van der Waals surface area contributed by atoms with Crippen LogP contribution in [0.4, 0.5) is 13.2 Å². The van der Waals surface area contributed by atoms with E-state index in [2.05, 4.69) is 20.1 Å². The predicted molar refractivity (Wildman–Crippen MR) is 149 cm³/mol. The monoisotopic (exact) mass is 554 g/mol. The number of halogens is 3.